The van der Waals surface area contributed by atoms with Crippen LogP contribution in [0.1, 0.15) is 60.2 Å². The van der Waals surface area contributed by atoms with E-state index in [0.717, 1.165) is 60.1 Å². The monoisotopic (exact) mass is 462 g/mol. The number of halogens is 1. The Morgan fingerprint density at radius 1 is 1.23 bits per heavy atom. The van der Waals surface area contributed by atoms with Gasteiger partial charge in [0.15, 0.2) is 5.13 Å². The quantitative estimate of drug-likeness (QED) is 0.546. The maximum Gasteiger partial charge on any atom is 0.303 e. The molecule has 7 heteroatoms. The molecule has 1 saturated heterocycles. The maximum atomic E-state index is 11.0. The average Bonchev–Trinajstić information content (AvgIpc) is 3.13. The van der Waals surface area contributed by atoms with Crippen molar-refractivity contribution in [1.82, 2.24) is 4.98 Å². The molecule has 1 fully saturated rings. The van der Waals surface area contributed by atoms with Crippen molar-refractivity contribution in [2.45, 2.75) is 58.3 Å². The zero-order valence-corrected chi connectivity index (χ0v) is 19.7. The number of nitrogens with zero attached hydrogens (tertiary/aromatic N) is 2. The molecule has 0 amide bonds. The van der Waals surface area contributed by atoms with Crippen LogP contribution in [-0.2, 0) is 17.6 Å². The molecule has 5 nitrogen and oxygen atoms in total. The number of aromatic nitrogens is 1. The molecule has 0 unspecified atom stereocenters. The topological polar surface area (TPSA) is 62.7 Å². The number of benzene rings is 1. The first-order valence-corrected chi connectivity index (χ1v) is 11.8. The smallest absolute Gasteiger partial charge is 0.303 e. The second-order valence-electron chi connectivity index (χ2n) is 8.09. The van der Waals surface area contributed by atoms with Crippen LogP contribution in [0.3, 0.4) is 0 Å². The average molecular weight is 463 g/mol. The summed E-state index contributed by atoms with van der Waals surface area (Å²) in [7, 11) is 0. The normalized spacial score (nSPS) is 15.6. The van der Waals surface area contributed by atoms with Gasteiger partial charge in [0.05, 0.1) is 12.3 Å². The van der Waals surface area contributed by atoms with Crippen molar-refractivity contribution in [3.63, 3.8) is 0 Å². The summed E-state index contributed by atoms with van der Waals surface area (Å²) < 4.78 is 6.20. The summed E-state index contributed by atoms with van der Waals surface area (Å²) in [6.07, 6.45) is 9.46. The summed E-state index contributed by atoms with van der Waals surface area (Å²) >= 11 is 1.80. The summed E-state index contributed by atoms with van der Waals surface area (Å²) in [5.41, 5.74) is 4.64. The van der Waals surface area contributed by atoms with Crippen molar-refractivity contribution in [3.05, 3.63) is 46.0 Å². The molecule has 1 aliphatic carbocycles. The highest BCUT2D eigenvalue weighted by molar-refractivity contribution is 7.15. The third-order valence-electron chi connectivity index (χ3n) is 5.98. The van der Waals surface area contributed by atoms with Crippen LogP contribution in [0.25, 0.3) is 5.57 Å². The number of aliphatic carboxylic acids is 1. The molecule has 31 heavy (non-hydrogen) atoms. The number of anilines is 1. The number of carboxylic acid groups (broad SMARTS) is 1. The van der Waals surface area contributed by atoms with Gasteiger partial charge in [0.2, 0.25) is 0 Å². The number of thiazole rings is 1. The number of allylic oxidation sites excluding steroid dienone is 2. The Labute approximate surface area is 194 Å². The lowest BCUT2D eigenvalue weighted by Gasteiger charge is -2.25. The van der Waals surface area contributed by atoms with Gasteiger partial charge in [-0.05, 0) is 62.7 Å². The zero-order chi connectivity index (χ0) is 20.9. The second kappa shape index (κ2) is 11.0. The van der Waals surface area contributed by atoms with Crippen molar-refractivity contribution in [3.8, 4) is 5.75 Å². The Bertz CT molecular complexity index is 935. The lowest BCUT2D eigenvalue weighted by Crippen LogP contribution is -2.29. The maximum absolute atomic E-state index is 11.0. The molecule has 1 N–H and O–H groups in total. The van der Waals surface area contributed by atoms with E-state index < -0.39 is 5.97 Å². The summed E-state index contributed by atoms with van der Waals surface area (Å²) in [5.74, 6) is 0.176. The number of carbonyl (C=O) groups is 1. The van der Waals surface area contributed by atoms with E-state index in [4.69, 9.17) is 14.8 Å². The number of hydrogen-bond acceptors (Lipinski definition) is 5. The van der Waals surface area contributed by atoms with Crippen molar-refractivity contribution in [1.29, 1.82) is 0 Å². The van der Waals surface area contributed by atoms with Gasteiger partial charge < -0.3 is 14.7 Å². The second-order valence-corrected chi connectivity index (χ2v) is 9.27. The van der Waals surface area contributed by atoms with E-state index in [2.05, 4.69) is 24.0 Å². The molecule has 2 aromatic rings. The minimum absolute atomic E-state index is 0. The number of hydrogen-bond donors (Lipinski definition) is 1. The number of aryl methyl sites for hydroxylation is 1. The van der Waals surface area contributed by atoms with Crippen LogP contribution in [0.4, 0.5) is 5.13 Å². The van der Waals surface area contributed by atoms with Crippen LogP contribution in [0.2, 0.25) is 0 Å². The van der Waals surface area contributed by atoms with Crippen LogP contribution in [0, 0.1) is 6.92 Å². The SMILES string of the molecule is Cc1sc(N2CCCCC2)nc1CCOc1cccc2c1CCC=C2CCC(=O)O.Cl. The first kappa shape index (κ1) is 23.6. The van der Waals surface area contributed by atoms with Gasteiger partial charge in [-0.2, -0.15) is 0 Å². The van der Waals surface area contributed by atoms with Gasteiger partial charge in [-0.1, -0.05) is 18.2 Å². The minimum atomic E-state index is -0.752. The fourth-order valence-electron chi connectivity index (χ4n) is 4.36. The number of carboxylic acids is 1. The highest BCUT2D eigenvalue weighted by Crippen LogP contribution is 2.35. The lowest BCUT2D eigenvalue weighted by molar-refractivity contribution is -0.136. The Morgan fingerprint density at radius 2 is 2.03 bits per heavy atom. The first-order chi connectivity index (χ1) is 14.6. The van der Waals surface area contributed by atoms with Crippen LogP contribution < -0.4 is 9.64 Å². The van der Waals surface area contributed by atoms with Gasteiger partial charge in [-0.15, -0.1) is 23.7 Å². The van der Waals surface area contributed by atoms with E-state index in [9.17, 15) is 4.79 Å². The van der Waals surface area contributed by atoms with E-state index in [1.807, 2.05) is 12.1 Å². The molecule has 2 aliphatic rings. The standard InChI is InChI=1S/C24H30N2O3S.ClH/c1-17-21(25-24(30-17)26-14-3-2-4-15-26)13-16-29-22-10-6-8-19-18(11-12-23(27)28)7-5-9-20(19)22;/h6-8,10H,2-5,9,11-16H2,1H3,(H,27,28);1H. The lowest BCUT2D eigenvalue weighted by atomic mass is 9.88. The molecule has 0 spiro atoms. The van der Waals surface area contributed by atoms with Gasteiger partial charge in [-0.3, -0.25) is 4.79 Å². The molecule has 168 valence electrons. The van der Waals surface area contributed by atoms with Gasteiger partial charge in [0, 0.05) is 36.4 Å². The van der Waals surface area contributed by atoms with Crippen molar-refractivity contribution < 1.29 is 14.6 Å². The van der Waals surface area contributed by atoms with E-state index in [1.54, 1.807) is 11.3 Å². The third kappa shape index (κ3) is 5.80. The van der Waals surface area contributed by atoms with Gasteiger partial charge in [0.1, 0.15) is 5.75 Å². The molecule has 1 aliphatic heterocycles. The molecule has 1 aromatic carbocycles. The third-order valence-corrected chi connectivity index (χ3v) is 7.05. The van der Waals surface area contributed by atoms with E-state index >= 15 is 0 Å². The molecule has 0 atom stereocenters. The molecular weight excluding hydrogens is 432 g/mol. The molecule has 4 rings (SSSR count). The zero-order valence-electron chi connectivity index (χ0n) is 18.1. The number of rotatable bonds is 8. The minimum Gasteiger partial charge on any atom is -0.493 e. The Hall–Kier alpha value is -2.05. The van der Waals surface area contributed by atoms with Crippen LogP contribution >= 0.6 is 23.7 Å². The van der Waals surface area contributed by atoms with E-state index in [-0.39, 0.29) is 18.8 Å². The fourth-order valence-corrected chi connectivity index (χ4v) is 5.37. The summed E-state index contributed by atoms with van der Waals surface area (Å²) in [5, 5.41) is 10.2. The number of piperidine rings is 1. The number of ether oxygens (including phenoxy) is 1. The largest absolute Gasteiger partial charge is 0.493 e. The molecule has 0 bridgehead atoms. The van der Waals surface area contributed by atoms with Gasteiger partial charge >= 0.3 is 5.97 Å². The summed E-state index contributed by atoms with van der Waals surface area (Å²) in [6, 6.07) is 6.13. The van der Waals surface area contributed by atoms with Crippen LogP contribution in [0.15, 0.2) is 24.3 Å². The van der Waals surface area contributed by atoms with Gasteiger partial charge in [-0.25, -0.2) is 4.98 Å². The predicted octanol–water partition coefficient (Wildman–Crippen LogP) is 5.68. The Balaban J connectivity index is 0.00000272. The molecular formula is C24H31ClN2O3S. The highest BCUT2D eigenvalue weighted by Gasteiger charge is 2.19. The molecule has 0 saturated carbocycles. The van der Waals surface area contributed by atoms with E-state index in [1.165, 1.54) is 29.7 Å². The fraction of sp³-hybridized carbons (Fsp3) is 0.500. The van der Waals surface area contributed by atoms with Crippen molar-refractivity contribution in [2.24, 2.45) is 0 Å². The molecule has 0 radical (unpaired) electrons. The number of fused-ring (bicyclic) bond motifs is 1. The van der Waals surface area contributed by atoms with Crippen molar-refractivity contribution in [2.75, 3.05) is 24.6 Å². The van der Waals surface area contributed by atoms with Gasteiger partial charge in [0.25, 0.3) is 0 Å². The van der Waals surface area contributed by atoms with E-state index in [0.29, 0.717) is 13.0 Å². The Kier molecular flexibility index (Phi) is 8.38. The molecule has 2 heterocycles. The molecule has 1 aromatic heterocycles. The summed E-state index contributed by atoms with van der Waals surface area (Å²) in [4.78, 5) is 19.6. The summed E-state index contributed by atoms with van der Waals surface area (Å²) in [6.45, 7) is 5.01. The van der Waals surface area contributed by atoms with Crippen molar-refractivity contribution >= 4 is 40.4 Å². The predicted molar refractivity (Wildman–Crippen MR) is 129 cm³/mol. The van der Waals surface area contributed by atoms with Crippen LogP contribution in [-0.4, -0.2) is 35.8 Å². The van der Waals surface area contributed by atoms with Crippen LogP contribution in [0.5, 0.6) is 5.75 Å². The Morgan fingerprint density at radius 3 is 2.81 bits per heavy atom. The highest BCUT2D eigenvalue weighted by atomic mass is 35.5. The first-order valence-electron chi connectivity index (χ1n) is 11.0.